The van der Waals surface area contributed by atoms with Crippen LogP contribution in [0, 0.1) is 18.6 Å². The Hall–Kier alpha value is -3.80. The van der Waals surface area contributed by atoms with Crippen LogP contribution < -0.4 is 14.8 Å². The molecule has 0 radical (unpaired) electrons. The van der Waals surface area contributed by atoms with Crippen molar-refractivity contribution in [3.8, 4) is 17.2 Å². The van der Waals surface area contributed by atoms with Crippen LogP contribution in [0.4, 0.5) is 8.78 Å². The van der Waals surface area contributed by atoms with Crippen molar-refractivity contribution in [2.75, 3.05) is 0 Å². The predicted octanol–water partition coefficient (Wildman–Crippen LogP) is 5.89. The van der Waals surface area contributed by atoms with Crippen molar-refractivity contribution < 1.29 is 23.2 Å². The number of phenolic OH excluding ortho intramolecular Hbond substituents is 1. The van der Waals surface area contributed by atoms with E-state index in [1.54, 1.807) is 0 Å². The third-order valence-electron chi connectivity index (χ3n) is 6.42. The molecule has 5 rings (SSSR count). The van der Waals surface area contributed by atoms with Crippen molar-refractivity contribution in [2.24, 2.45) is 0 Å². The fourth-order valence-corrected chi connectivity index (χ4v) is 4.66. The minimum atomic E-state index is -1.06. The lowest BCUT2D eigenvalue weighted by Gasteiger charge is -2.27. The molecule has 0 aliphatic carbocycles. The van der Waals surface area contributed by atoms with Crippen molar-refractivity contribution in [1.82, 2.24) is 0 Å². The van der Waals surface area contributed by atoms with Crippen LogP contribution in [0.1, 0.15) is 40.3 Å². The van der Waals surface area contributed by atoms with Crippen LogP contribution >= 0.6 is 0 Å². The van der Waals surface area contributed by atoms with Gasteiger partial charge in [0.15, 0.2) is 0 Å². The van der Waals surface area contributed by atoms with Gasteiger partial charge in [-0.15, -0.1) is 0 Å². The van der Waals surface area contributed by atoms with Gasteiger partial charge in [0.1, 0.15) is 28.9 Å². The molecule has 176 valence electrons. The van der Waals surface area contributed by atoms with Gasteiger partial charge in [-0.2, -0.15) is 0 Å². The maximum Gasteiger partial charge on any atom is 0.632 e. The molecule has 0 aromatic heterocycles. The van der Waals surface area contributed by atoms with Gasteiger partial charge in [-0.1, -0.05) is 61.5 Å². The highest BCUT2D eigenvalue weighted by molar-refractivity contribution is 6.62. The summed E-state index contributed by atoms with van der Waals surface area (Å²) < 4.78 is 41.0. The first kappa shape index (κ1) is 23.0. The Morgan fingerprint density at radius 3 is 2.14 bits per heavy atom. The van der Waals surface area contributed by atoms with Crippen LogP contribution in [0.15, 0.2) is 72.8 Å². The molecule has 3 nitrogen and oxygen atoms in total. The smallest absolute Gasteiger partial charge is 0.522 e. The normalized spacial score (nSPS) is 12.6. The average molecular weight is 470 g/mol. The van der Waals surface area contributed by atoms with Gasteiger partial charge in [-0.05, 0) is 58.9 Å². The number of halogens is 2. The average Bonchev–Trinajstić information content (AvgIpc) is 2.81. The Kier molecular flexibility index (Phi) is 6.20. The summed E-state index contributed by atoms with van der Waals surface area (Å²) in [6.45, 7) is 3.93. The van der Waals surface area contributed by atoms with Gasteiger partial charge in [0.2, 0.25) is 0 Å². The highest BCUT2D eigenvalue weighted by atomic mass is 19.1. The molecule has 35 heavy (non-hydrogen) atoms. The summed E-state index contributed by atoms with van der Waals surface area (Å²) in [7, 11) is -1.06. The summed E-state index contributed by atoms with van der Waals surface area (Å²) in [6.07, 6.45) is 1.74. The quantitative estimate of drug-likeness (QED) is 0.378. The molecule has 0 atom stereocenters. The van der Waals surface area contributed by atoms with E-state index >= 15 is 0 Å². The van der Waals surface area contributed by atoms with Crippen LogP contribution in [0.25, 0.3) is 0 Å². The predicted molar refractivity (Wildman–Crippen MR) is 134 cm³/mol. The van der Waals surface area contributed by atoms with E-state index in [0.29, 0.717) is 24.3 Å². The topological polar surface area (TPSA) is 38.7 Å². The summed E-state index contributed by atoms with van der Waals surface area (Å²) in [5.41, 5.74) is 5.57. The van der Waals surface area contributed by atoms with Crippen LogP contribution in [0.3, 0.4) is 0 Å². The molecule has 0 amide bonds. The number of hydrogen-bond donors (Lipinski definition) is 1. The van der Waals surface area contributed by atoms with Gasteiger partial charge in [0.25, 0.3) is 0 Å². The van der Waals surface area contributed by atoms with E-state index in [0.717, 1.165) is 45.9 Å². The minimum absolute atomic E-state index is 0.246. The summed E-state index contributed by atoms with van der Waals surface area (Å²) in [6, 6.07) is 20.8. The Balaban J connectivity index is 1.64. The maximum absolute atomic E-state index is 14.1. The molecule has 0 fully saturated rings. The second kappa shape index (κ2) is 9.45. The Morgan fingerprint density at radius 2 is 1.40 bits per heavy atom. The highest BCUT2D eigenvalue weighted by Crippen LogP contribution is 2.36. The Bertz CT molecular complexity index is 1380. The fraction of sp³-hybridized carbons (Fsp3) is 0.172. The summed E-state index contributed by atoms with van der Waals surface area (Å²) >= 11 is 0. The number of aryl methyl sites for hydroxylation is 2. The molecule has 4 aromatic carbocycles. The molecule has 1 heterocycles. The molecule has 0 saturated carbocycles. The van der Waals surface area contributed by atoms with Crippen LogP contribution in [0.5, 0.6) is 17.2 Å². The summed E-state index contributed by atoms with van der Waals surface area (Å²) in [5, 5.41) is 10.8. The van der Waals surface area contributed by atoms with Crippen molar-refractivity contribution in [3.05, 3.63) is 118 Å². The first-order chi connectivity index (χ1) is 16.9. The Morgan fingerprint density at radius 1 is 0.800 bits per heavy atom. The van der Waals surface area contributed by atoms with Crippen LogP contribution in [0.2, 0.25) is 0 Å². The van der Waals surface area contributed by atoms with E-state index in [2.05, 4.69) is 0 Å². The van der Waals surface area contributed by atoms with Crippen LogP contribution in [-0.4, -0.2) is 12.2 Å². The molecule has 6 heteroatoms. The van der Waals surface area contributed by atoms with Crippen molar-refractivity contribution in [2.45, 2.75) is 33.1 Å². The zero-order valence-electron chi connectivity index (χ0n) is 19.6. The molecule has 1 aliphatic rings. The van der Waals surface area contributed by atoms with E-state index in [1.807, 2.05) is 68.4 Å². The first-order valence-corrected chi connectivity index (χ1v) is 11.7. The van der Waals surface area contributed by atoms with E-state index in [4.69, 9.17) is 9.31 Å². The van der Waals surface area contributed by atoms with Gasteiger partial charge in [0.05, 0.1) is 0 Å². The third kappa shape index (κ3) is 4.61. The van der Waals surface area contributed by atoms with E-state index < -0.39 is 18.8 Å². The summed E-state index contributed by atoms with van der Waals surface area (Å²) in [5.74, 6) is 0.115. The van der Waals surface area contributed by atoms with E-state index in [-0.39, 0.29) is 11.2 Å². The lowest BCUT2D eigenvalue weighted by molar-refractivity contribution is 0.422. The highest BCUT2D eigenvalue weighted by Gasteiger charge is 2.33. The molecule has 1 N–H and O–H groups in total. The molecule has 0 bridgehead atoms. The number of para-hydroxylation sites is 3. The van der Waals surface area contributed by atoms with Gasteiger partial charge >= 0.3 is 7.12 Å². The third-order valence-corrected chi connectivity index (χ3v) is 6.42. The van der Waals surface area contributed by atoms with Gasteiger partial charge in [-0.3, -0.25) is 0 Å². The van der Waals surface area contributed by atoms with Gasteiger partial charge < -0.3 is 14.4 Å². The zero-order chi connectivity index (χ0) is 24.5. The molecule has 0 unspecified atom stereocenters. The lowest BCUT2D eigenvalue weighted by Crippen LogP contribution is -2.44. The number of benzene rings is 4. The molecular weight excluding hydrogens is 445 g/mol. The monoisotopic (exact) mass is 470 g/mol. The lowest BCUT2D eigenvalue weighted by atomic mass is 9.77. The van der Waals surface area contributed by atoms with E-state index in [1.165, 1.54) is 12.1 Å². The van der Waals surface area contributed by atoms with Crippen LogP contribution in [-0.2, 0) is 19.3 Å². The molecule has 0 spiro atoms. The standard InChI is InChI=1S/C29H25BF2O3/c1-3-19-8-5-9-20(27(19)33)13-22-11-6-12-23-14-21-10-4-7-18(2)28(21)34-30(35-29(22)23)24-15-25(31)17-26(32)16-24/h4-12,15-17,33H,3,13-14H2,1-2H3. The summed E-state index contributed by atoms with van der Waals surface area (Å²) in [4.78, 5) is 0. The zero-order valence-corrected chi connectivity index (χ0v) is 19.6. The first-order valence-electron chi connectivity index (χ1n) is 11.7. The van der Waals surface area contributed by atoms with Crippen molar-refractivity contribution in [1.29, 1.82) is 0 Å². The van der Waals surface area contributed by atoms with E-state index in [9.17, 15) is 13.9 Å². The number of hydrogen-bond acceptors (Lipinski definition) is 3. The van der Waals surface area contributed by atoms with Crippen molar-refractivity contribution >= 4 is 12.6 Å². The largest absolute Gasteiger partial charge is 0.632 e. The SMILES string of the molecule is CCc1cccc(Cc2cccc3c2OB(c2cc(F)cc(F)c2)Oc2c(C)cccc2C3)c1O. The fourth-order valence-electron chi connectivity index (χ4n) is 4.66. The van der Waals surface area contributed by atoms with Crippen molar-refractivity contribution in [3.63, 3.8) is 0 Å². The number of rotatable bonds is 4. The minimum Gasteiger partial charge on any atom is -0.522 e. The Labute approximate surface area is 204 Å². The molecule has 1 aliphatic heterocycles. The van der Waals surface area contributed by atoms with Gasteiger partial charge in [-0.25, -0.2) is 8.78 Å². The molecular formula is C29H25BF2O3. The molecule has 4 aromatic rings. The number of aromatic hydroxyl groups is 1. The molecule has 0 saturated heterocycles. The second-order valence-electron chi connectivity index (χ2n) is 8.87. The second-order valence-corrected chi connectivity index (χ2v) is 8.87. The maximum atomic E-state index is 14.1. The number of fused-ring (bicyclic) bond motifs is 2. The number of phenols is 1. The van der Waals surface area contributed by atoms with Gasteiger partial charge in [0, 0.05) is 24.4 Å².